The molecule has 0 spiro atoms. The van der Waals surface area contributed by atoms with Crippen molar-refractivity contribution in [2.24, 2.45) is 5.73 Å². The van der Waals surface area contributed by atoms with Crippen LogP contribution in [-0.4, -0.2) is 36.3 Å². The molecule has 0 radical (unpaired) electrons. The van der Waals surface area contributed by atoms with Crippen molar-refractivity contribution >= 4 is 33.6 Å². The lowest BCUT2D eigenvalue weighted by Crippen LogP contribution is -2.34. The van der Waals surface area contributed by atoms with Gasteiger partial charge in [0, 0.05) is 5.39 Å². The molecule has 10 heteroatoms. The van der Waals surface area contributed by atoms with Crippen LogP contribution in [0, 0.1) is 0 Å². The molecule has 0 aliphatic heterocycles. The van der Waals surface area contributed by atoms with Gasteiger partial charge in [-0.25, -0.2) is 14.5 Å². The SMILES string of the molecule is NC(=O)Cn1c(Cn2nc(C(=O)O)c3ccccc3c2=O)nc2ccccc2c1=O. The molecule has 0 atom stereocenters. The molecule has 2 heterocycles. The smallest absolute Gasteiger partial charge is 0.357 e. The van der Waals surface area contributed by atoms with Crippen molar-refractivity contribution < 1.29 is 14.7 Å². The maximum absolute atomic E-state index is 12.9. The van der Waals surface area contributed by atoms with Crippen molar-refractivity contribution in [2.75, 3.05) is 0 Å². The molecule has 10 nitrogen and oxygen atoms in total. The number of aromatic carboxylic acids is 1. The fraction of sp³-hybridized carbons (Fsp3) is 0.100. The number of hydrogen-bond acceptors (Lipinski definition) is 6. The summed E-state index contributed by atoms with van der Waals surface area (Å²) in [5.74, 6) is -2.01. The van der Waals surface area contributed by atoms with E-state index in [0.717, 1.165) is 9.25 Å². The second kappa shape index (κ2) is 7.24. The number of rotatable bonds is 5. The summed E-state index contributed by atoms with van der Waals surface area (Å²) in [6.07, 6.45) is 0. The molecule has 0 aliphatic rings. The molecule has 0 bridgehead atoms. The zero-order chi connectivity index (χ0) is 21.4. The highest BCUT2D eigenvalue weighted by Crippen LogP contribution is 2.14. The van der Waals surface area contributed by atoms with Gasteiger partial charge in [0.05, 0.1) is 16.3 Å². The number of primary amides is 1. The summed E-state index contributed by atoms with van der Waals surface area (Å²) in [6.45, 7) is -0.766. The van der Waals surface area contributed by atoms with E-state index < -0.39 is 29.5 Å². The van der Waals surface area contributed by atoms with Gasteiger partial charge in [-0.3, -0.25) is 19.0 Å². The van der Waals surface area contributed by atoms with Gasteiger partial charge in [-0.05, 0) is 18.2 Å². The van der Waals surface area contributed by atoms with Crippen LogP contribution >= 0.6 is 0 Å². The Labute approximate surface area is 167 Å². The molecule has 2 aromatic carbocycles. The Morgan fingerprint density at radius 1 is 0.933 bits per heavy atom. The molecule has 1 amide bonds. The van der Waals surface area contributed by atoms with E-state index in [1.807, 2.05) is 0 Å². The van der Waals surface area contributed by atoms with Gasteiger partial charge >= 0.3 is 5.97 Å². The first kappa shape index (κ1) is 19.0. The first-order chi connectivity index (χ1) is 14.4. The third-order valence-corrected chi connectivity index (χ3v) is 4.62. The summed E-state index contributed by atoms with van der Waals surface area (Å²) in [6, 6.07) is 12.7. The average Bonchev–Trinajstić information content (AvgIpc) is 2.72. The summed E-state index contributed by atoms with van der Waals surface area (Å²) >= 11 is 0. The minimum Gasteiger partial charge on any atom is -0.476 e. The highest BCUT2D eigenvalue weighted by Gasteiger charge is 2.18. The minimum atomic E-state index is -1.30. The van der Waals surface area contributed by atoms with Crippen LogP contribution in [0.5, 0.6) is 0 Å². The summed E-state index contributed by atoms with van der Waals surface area (Å²) in [4.78, 5) is 53.3. The second-order valence-corrected chi connectivity index (χ2v) is 6.56. The molecule has 150 valence electrons. The minimum absolute atomic E-state index is 0.0544. The number of fused-ring (bicyclic) bond motifs is 2. The molecule has 0 saturated heterocycles. The van der Waals surface area contributed by atoms with Gasteiger partial charge in [0.1, 0.15) is 18.9 Å². The number of aromatic nitrogens is 4. The number of carboxylic acids is 1. The summed E-state index contributed by atoms with van der Waals surface area (Å²) in [5, 5.41) is 14.1. The van der Waals surface area contributed by atoms with Crippen molar-refractivity contribution in [1.82, 2.24) is 19.3 Å². The number of para-hydroxylation sites is 1. The zero-order valence-electron chi connectivity index (χ0n) is 15.5. The topological polar surface area (TPSA) is 150 Å². The van der Waals surface area contributed by atoms with Gasteiger partial charge in [0.15, 0.2) is 5.69 Å². The maximum Gasteiger partial charge on any atom is 0.357 e. The monoisotopic (exact) mass is 405 g/mol. The van der Waals surface area contributed by atoms with E-state index in [-0.39, 0.29) is 34.2 Å². The van der Waals surface area contributed by atoms with Crippen molar-refractivity contribution in [1.29, 1.82) is 0 Å². The van der Waals surface area contributed by atoms with E-state index in [2.05, 4.69) is 10.1 Å². The number of amides is 1. The molecule has 30 heavy (non-hydrogen) atoms. The van der Waals surface area contributed by atoms with Gasteiger partial charge in [-0.1, -0.05) is 30.3 Å². The van der Waals surface area contributed by atoms with Crippen LogP contribution in [0.4, 0.5) is 0 Å². The lowest BCUT2D eigenvalue weighted by Gasteiger charge is -2.14. The Balaban J connectivity index is 1.97. The molecule has 0 unspecified atom stereocenters. The normalized spacial score (nSPS) is 11.1. The number of carboxylic acid groups (broad SMARTS) is 1. The number of benzene rings is 2. The Hall–Kier alpha value is -4.34. The fourth-order valence-electron chi connectivity index (χ4n) is 3.29. The number of carbonyl (C=O) groups is 2. The maximum atomic E-state index is 12.9. The van der Waals surface area contributed by atoms with E-state index in [1.54, 1.807) is 36.4 Å². The predicted octanol–water partition coefficient (Wildman–Crippen LogP) is 0.338. The quantitative estimate of drug-likeness (QED) is 0.486. The predicted molar refractivity (Wildman–Crippen MR) is 107 cm³/mol. The Morgan fingerprint density at radius 2 is 1.57 bits per heavy atom. The number of carbonyl (C=O) groups excluding carboxylic acids is 1. The largest absolute Gasteiger partial charge is 0.476 e. The number of hydrogen-bond donors (Lipinski definition) is 2. The molecular formula is C20H15N5O5. The average molecular weight is 405 g/mol. The van der Waals surface area contributed by atoms with Crippen molar-refractivity contribution in [3.63, 3.8) is 0 Å². The highest BCUT2D eigenvalue weighted by atomic mass is 16.4. The van der Waals surface area contributed by atoms with E-state index in [9.17, 15) is 24.3 Å². The summed E-state index contributed by atoms with van der Waals surface area (Å²) < 4.78 is 1.98. The molecule has 4 aromatic rings. The molecule has 4 rings (SSSR count). The van der Waals surface area contributed by atoms with Gasteiger partial charge in [0.2, 0.25) is 5.91 Å². The molecule has 0 aliphatic carbocycles. The van der Waals surface area contributed by atoms with Gasteiger partial charge in [-0.15, -0.1) is 0 Å². The van der Waals surface area contributed by atoms with Crippen LogP contribution < -0.4 is 16.9 Å². The lowest BCUT2D eigenvalue weighted by molar-refractivity contribution is -0.118. The molecule has 0 saturated carbocycles. The lowest BCUT2D eigenvalue weighted by atomic mass is 10.1. The zero-order valence-corrected chi connectivity index (χ0v) is 15.5. The van der Waals surface area contributed by atoms with Crippen LogP contribution in [0.15, 0.2) is 58.1 Å². The van der Waals surface area contributed by atoms with Crippen LogP contribution in [0.3, 0.4) is 0 Å². The number of nitrogens with zero attached hydrogens (tertiary/aromatic N) is 4. The summed E-state index contributed by atoms with van der Waals surface area (Å²) in [7, 11) is 0. The van der Waals surface area contributed by atoms with Crippen LogP contribution in [0.25, 0.3) is 21.7 Å². The van der Waals surface area contributed by atoms with E-state index in [0.29, 0.717) is 5.52 Å². The molecule has 0 fully saturated rings. The Bertz CT molecular complexity index is 1450. The summed E-state index contributed by atoms with van der Waals surface area (Å²) in [5.41, 5.74) is 4.28. The Morgan fingerprint density at radius 3 is 2.23 bits per heavy atom. The molecule has 2 aromatic heterocycles. The molecule has 3 N–H and O–H groups in total. The van der Waals surface area contributed by atoms with E-state index in [4.69, 9.17) is 5.73 Å². The van der Waals surface area contributed by atoms with E-state index >= 15 is 0 Å². The highest BCUT2D eigenvalue weighted by molar-refractivity contribution is 6.01. The number of nitrogens with two attached hydrogens (primary N) is 1. The first-order valence-electron chi connectivity index (χ1n) is 8.86. The van der Waals surface area contributed by atoms with Crippen molar-refractivity contribution in [3.8, 4) is 0 Å². The third-order valence-electron chi connectivity index (χ3n) is 4.62. The second-order valence-electron chi connectivity index (χ2n) is 6.56. The van der Waals surface area contributed by atoms with E-state index in [1.165, 1.54) is 12.1 Å². The van der Waals surface area contributed by atoms with Gasteiger partial charge in [0.25, 0.3) is 11.1 Å². The standard InChI is InChI=1S/C20H15N5O5/c21-15(26)9-24-16(22-14-8-4-3-7-13(14)18(24)27)10-25-19(28)12-6-2-1-5-11(12)17(23-25)20(29)30/h1-8H,9-10H2,(H2,21,26)(H,29,30). The fourth-order valence-corrected chi connectivity index (χ4v) is 3.29. The van der Waals surface area contributed by atoms with Crippen LogP contribution in [0.1, 0.15) is 16.3 Å². The van der Waals surface area contributed by atoms with Crippen molar-refractivity contribution in [3.05, 3.63) is 80.8 Å². The third kappa shape index (κ3) is 3.20. The van der Waals surface area contributed by atoms with Crippen LogP contribution in [-0.2, 0) is 17.9 Å². The van der Waals surface area contributed by atoms with Gasteiger partial charge in [-0.2, -0.15) is 5.10 Å². The van der Waals surface area contributed by atoms with Crippen LogP contribution in [0.2, 0.25) is 0 Å². The molecular weight excluding hydrogens is 390 g/mol. The Kier molecular flexibility index (Phi) is 4.59. The van der Waals surface area contributed by atoms with Crippen molar-refractivity contribution in [2.45, 2.75) is 13.1 Å². The van der Waals surface area contributed by atoms with Gasteiger partial charge < -0.3 is 10.8 Å². The first-order valence-corrected chi connectivity index (χ1v) is 8.86.